The molecule has 0 aliphatic heterocycles. The fourth-order valence-corrected chi connectivity index (χ4v) is 3.76. The van der Waals surface area contributed by atoms with E-state index in [1.54, 1.807) is 12.1 Å². The van der Waals surface area contributed by atoms with Gasteiger partial charge < -0.3 is 40.2 Å². The highest BCUT2D eigenvalue weighted by atomic mass is 16.5. The molecule has 1 fully saturated rings. The zero-order valence-electron chi connectivity index (χ0n) is 27.7. The maximum atomic E-state index is 11.8. The van der Waals surface area contributed by atoms with Crippen LogP contribution in [0.15, 0.2) is 48.6 Å². The summed E-state index contributed by atoms with van der Waals surface area (Å²) < 4.78 is 19.0. The fourth-order valence-electron chi connectivity index (χ4n) is 3.76. The van der Waals surface area contributed by atoms with Crippen LogP contribution in [0.25, 0.3) is 0 Å². The molecule has 4 amide bonds. The minimum atomic E-state index is -0.707. The first-order valence-corrected chi connectivity index (χ1v) is 14.6. The van der Waals surface area contributed by atoms with Gasteiger partial charge in [0.1, 0.15) is 11.9 Å². The van der Waals surface area contributed by atoms with Crippen LogP contribution in [-0.2, 0) is 33.4 Å². The van der Waals surface area contributed by atoms with Gasteiger partial charge in [-0.05, 0) is 91.5 Å². The standard InChI is InChI=1S/C16H26N2O5.C16H20N2O5/c2*1-16(2,3)18-15(21)17-11-5-7-12(8-6-11)23-14(20)10-9-13(19)22-4/h9-12H,5-8H2,1-4H3,(H2,17,18,21);5-10H,1-4H3,(H2,17,18,21)/b2*10-9+. The average Bonchev–Trinajstić information content (AvgIpc) is 2.95. The highest BCUT2D eigenvalue weighted by Gasteiger charge is 2.25. The van der Waals surface area contributed by atoms with Crippen molar-refractivity contribution in [2.24, 2.45) is 0 Å². The summed E-state index contributed by atoms with van der Waals surface area (Å²) in [4.78, 5) is 68.3. The van der Waals surface area contributed by atoms with Crippen molar-refractivity contribution in [3.05, 3.63) is 48.6 Å². The number of hydrogen-bond donors (Lipinski definition) is 4. The van der Waals surface area contributed by atoms with E-state index in [9.17, 15) is 28.8 Å². The highest BCUT2D eigenvalue weighted by molar-refractivity contribution is 5.93. The summed E-state index contributed by atoms with van der Waals surface area (Å²) in [5.74, 6) is -2.23. The van der Waals surface area contributed by atoms with Crippen LogP contribution in [0.5, 0.6) is 5.75 Å². The lowest BCUT2D eigenvalue weighted by atomic mass is 9.93. The average molecular weight is 647 g/mol. The van der Waals surface area contributed by atoms with E-state index in [-0.39, 0.29) is 41.0 Å². The van der Waals surface area contributed by atoms with Crippen LogP contribution in [-0.4, -0.2) is 73.4 Å². The number of ether oxygens (including phenoxy) is 4. The van der Waals surface area contributed by atoms with Crippen LogP contribution in [0.3, 0.4) is 0 Å². The van der Waals surface area contributed by atoms with Crippen molar-refractivity contribution in [1.82, 2.24) is 16.0 Å². The van der Waals surface area contributed by atoms with E-state index >= 15 is 0 Å². The summed E-state index contributed by atoms with van der Waals surface area (Å²) in [5, 5.41) is 11.2. The second-order valence-corrected chi connectivity index (χ2v) is 12.2. The third kappa shape index (κ3) is 18.7. The molecule has 1 aliphatic rings. The maximum Gasteiger partial charge on any atom is 0.336 e. The van der Waals surface area contributed by atoms with E-state index in [1.807, 2.05) is 41.5 Å². The number of urea groups is 2. The van der Waals surface area contributed by atoms with Crippen LogP contribution >= 0.6 is 0 Å². The maximum absolute atomic E-state index is 11.8. The molecule has 2 rings (SSSR count). The molecule has 1 aromatic rings. The number of nitrogens with one attached hydrogen (secondary N) is 4. The lowest BCUT2D eigenvalue weighted by molar-refractivity contribution is -0.145. The fraction of sp³-hybridized carbons (Fsp3) is 0.500. The van der Waals surface area contributed by atoms with Crippen molar-refractivity contribution in [2.45, 2.75) is 90.4 Å². The Balaban J connectivity index is 0.000000460. The molecule has 14 nitrogen and oxygen atoms in total. The molecule has 14 heteroatoms. The number of benzene rings is 1. The largest absolute Gasteiger partial charge is 0.466 e. The first-order valence-electron chi connectivity index (χ1n) is 14.6. The summed E-state index contributed by atoms with van der Waals surface area (Å²) in [6.45, 7) is 11.4. The number of anilines is 1. The number of hydrogen-bond acceptors (Lipinski definition) is 10. The first-order chi connectivity index (χ1) is 21.4. The Kier molecular flexibility index (Phi) is 16.0. The Morgan fingerprint density at radius 2 is 1.11 bits per heavy atom. The number of methoxy groups -OCH3 is 2. The Morgan fingerprint density at radius 3 is 1.59 bits per heavy atom. The van der Waals surface area contributed by atoms with Gasteiger partial charge in [0, 0.05) is 47.1 Å². The van der Waals surface area contributed by atoms with Gasteiger partial charge in [0.05, 0.1) is 14.2 Å². The van der Waals surface area contributed by atoms with E-state index in [4.69, 9.17) is 9.47 Å². The molecule has 0 unspecified atom stereocenters. The van der Waals surface area contributed by atoms with Crippen molar-refractivity contribution in [2.75, 3.05) is 19.5 Å². The molecule has 46 heavy (non-hydrogen) atoms. The molecular formula is C32H46N4O10. The molecule has 4 N–H and O–H groups in total. The molecule has 0 atom stereocenters. The van der Waals surface area contributed by atoms with Gasteiger partial charge in [-0.1, -0.05) is 0 Å². The molecule has 0 bridgehead atoms. The van der Waals surface area contributed by atoms with Crippen molar-refractivity contribution < 1.29 is 47.7 Å². The van der Waals surface area contributed by atoms with Crippen LogP contribution in [0.4, 0.5) is 15.3 Å². The number of esters is 4. The van der Waals surface area contributed by atoms with E-state index in [2.05, 4.69) is 30.7 Å². The molecule has 0 heterocycles. The second-order valence-electron chi connectivity index (χ2n) is 12.2. The smallest absolute Gasteiger partial charge is 0.336 e. The van der Waals surface area contributed by atoms with Crippen molar-refractivity contribution in [1.29, 1.82) is 0 Å². The van der Waals surface area contributed by atoms with E-state index < -0.39 is 23.9 Å². The van der Waals surface area contributed by atoms with E-state index in [0.717, 1.165) is 37.1 Å². The summed E-state index contributed by atoms with van der Waals surface area (Å²) in [6, 6.07) is 5.80. The summed E-state index contributed by atoms with van der Waals surface area (Å²) in [5.41, 5.74) is -0.0643. The van der Waals surface area contributed by atoms with Crippen molar-refractivity contribution >= 4 is 41.6 Å². The van der Waals surface area contributed by atoms with Gasteiger partial charge in [0.25, 0.3) is 0 Å². The number of rotatable bonds is 8. The lowest BCUT2D eigenvalue weighted by Crippen LogP contribution is -2.50. The summed E-state index contributed by atoms with van der Waals surface area (Å²) in [7, 11) is 2.45. The van der Waals surface area contributed by atoms with Crippen LogP contribution in [0.1, 0.15) is 67.2 Å². The first kappa shape index (κ1) is 39.1. The Morgan fingerprint density at radius 1 is 0.652 bits per heavy atom. The van der Waals surface area contributed by atoms with Gasteiger partial charge in [0.15, 0.2) is 0 Å². The van der Waals surface area contributed by atoms with Crippen molar-refractivity contribution in [3.8, 4) is 5.75 Å². The van der Waals surface area contributed by atoms with Crippen LogP contribution < -0.4 is 26.0 Å². The van der Waals surface area contributed by atoms with Gasteiger partial charge >= 0.3 is 35.9 Å². The predicted molar refractivity (Wildman–Crippen MR) is 170 cm³/mol. The molecule has 1 saturated carbocycles. The van der Waals surface area contributed by atoms with Crippen LogP contribution in [0, 0.1) is 0 Å². The molecule has 254 valence electrons. The Bertz CT molecular complexity index is 1250. The third-order valence-electron chi connectivity index (χ3n) is 5.71. The Hall–Kier alpha value is -4.88. The molecule has 0 aromatic heterocycles. The van der Waals surface area contributed by atoms with Gasteiger partial charge in [0.2, 0.25) is 0 Å². The minimum Gasteiger partial charge on any atom is -0.466 e. The van der Waals surface area contributed by atoms with Crippen LogP contribution in [0.2, 0.25) is 0 Å². The van der Waals surface area contributed by atoms with Crippen molar-refractivity contribution in [3.63, 3.8) is 0 Å². The molecule has 0 saturated heterocycles. The monoisotopic (exact) mass is 646 g/mol. The number of amides is 4. The topological polar surface area (TPSA) is 187 Å². The molecular weight excluding hydrogens is 600 g/mol. The number of carbonyl (C=O) groups is 6. The quantitative estimate of drug-likeness (QED) is 0.140. The third-order valence-corrected chi connectivity index (χ3v) is 5.71. The molecule has 1 aliphatic carbocycles. The zero-order valence-corrected chi connectivity index (χ0v) is 27.7. The van der Waals surface area contributed by atoms with Gasteiger partial charge in [-0.25, -0.2) is 28.8 Å². The summed E-state index contributed by atoms with van der Waals surface area (Å²) in [6.07, 6.45) is 6.69. The lowest BCUT2D eigenvalue weighted by Gasteiger charge is -2.30. The molecule has 0 spiro atoms. The predicted octanol–water partition coefficient (Wildman–Crippen LogP) is 3.91. The van der Waals surface area contributed by atoms with Gasteiger partial charge in [-0.15, -0.1) is 0 Å². The zero-order chi connectivity index (χ0) is 34.9. The Labute approximate surface area is 269 Å². The van der Waals surface area contributed by atoms with E-state index in [1.165, 1.54) is 26.4 Å². The molecule has 1 aromatic carbocycles. The van der Waals surface area contributed by atoms with E-state index in [0.29, 0.717) is 18.5 Å². The van der Waals surface area contributed by atoms with Gasteiger partial charge in [-0.3, -0.25) is 0 Å². The molecule has 0 radical (unpaired) electrons. The second kappa shape index (κ2) is 18.8. The highest BCUT2D eigenvalue weighted by Crippen LogP contribution is 2.21. The number of carbonyl (C=O) groups excluding carboxylic acids is 6. The normalized spacial score (nSPS) is 16.3. The SMILES string of the molecule is COC(=O)/C=C/C(=O)OC1CCC(NC(=O)NC(C)(C)C)CC1.COC(=O)/C=C/C(=O)Oc1ccc(NC(=O)NC(C)(C)C)cc1. The minimum absolute atomic E-state index is 0.0814. The van der Waals surface area contributed by atoms with Gasteiger partial charge in [-0.2, -0.15) is 0 Å². The summed E-state index contributed by atoms with van der Waals surface area (Å²) >= 11 is 0.